The highest BCUT2D eigenvalue weighted by Crippen LogP contribution is 2.11. The van der Waals surface area contributed by atoms with Gasteiger partial charge in [0, 0.05) is 12.7 Å². The summed E-state index contributed by atoms with van der Waals surface area (Å²) in [7, 11) is 0. The van der Waals surface area contributed by atoms with E-state index in [1.54, 1.807) is 24.5 Å². The molecule has 0 saturated heterocycles. The van der Waals surface area contributed by atoms with Crippen LogP contribution in [0, 0.1) is 0 Å². The summed E-state index contributed by atoms with van der Waals surface area (Å²) in [4.78, 5) is 26.2. The quantitative estimate of drug-likeness (QED) is 0.780. The maximum Gasteiger partial charge on any atom is 0.354 e. The third kappa shape index (κ3) is 4.07. The van der Waals surface area contributed by atoms with E-state index < -0.39 is 5.97 Å². The van der Waals surface area contributed by atoms with Crippen molar-refractivity contribution in [3.8, 4) is 0 Å². The highest BCUT2D eigenvalue weighted by atomic mass is 16.4. The monoisotopic (exact) mass is 289 g/mol. The summed E-state index contributed by atoms with van der Waals surface area (Å²) in [6.07, 6.45) is 2.96. The zero-order valence-corrected chi connectivity index (χ0v) is 11.4. The van der Waals surface area contributed by atoms with Crippen LogP contribution in [0.25, 0.3) is 0 Å². The molecule has 2 heterocycles. The van der Waals surface area contributed by atoms with Crippen LogP contribution in [0.4, 0.5) is 4.79 Å². The van der Waals surface area contributed by atoms with Gasteiger partial charge in [0.25, 0.3) is 0 Å². The van der Waals surface area contributed by atoms with E-state index in [9.17, 15) is 9.59 Å². The lowest BCUT2D eigenvalue weighted by atomic mass is 10.2. The normalized spacial score (nSPS) is 11.7. The molecule has 2 rings (SSSR count). The fourth-order valence-electron chi connectivity index (χ4n) is 1.69. The van der Waals surface area contributed by atoms with Crippen LogP contribution in [-0.4, -0.2) is 22.1 Å². The van der Waals surface area contributed by atoms with Gasteiger partial charge in [0.05, 0.1) is 12.3 Å². The summed E-state index contributed by atoms with van der Waals surface area (Å²) in [6, 6.07) is 5.93. The van der Waals surface area contributed by atoms with Crippen molar-refractivity contribution in [2.75, 3.05) is 0 Å². The molecule has 21 heavy (non-hydrogen) atoms. The third-order valence-electron chi connectivity index (χ3n) is 2.81. The van der Waals surface area contributed by atoms with Crippen LogP contribution in [0.3, 0.4) is 0 Å². The second-order valence-electron chi connectivity index (χ2n) is 4.42. The zero-order valence-electron chi connectivity index (χ0n) is 11.4. The molecule has 0 aliphatic rings. The van der Waals surface area contributed by atoms with Crippen molar-refractivity contribution >= 4 is 12.0 Å². The first-order valence-electron chi connectivity index (χ1n) is 6.32. The van der Waals surface area contributed by atoms with Gasteiger partial charge in [-0.1, -0.05) is 6.07 Å². The summed E-state index contributed by atoms with van der Waals surface area (Å²) < 4.78 is 5.19. The van der Waals surface area contributed by atoms with Gasteiger partial charge in [0.2, 0.25) is 0 Å². The minimum absolute atomic E-state index is 0.0327. The standard InChI is InChI=1S/C14H15N3O4/c1-9(12-3-2-6-21-12)17-14(20)16-8-10-4-5-11(13(18)19)15-7-10/h2-7,9H,8H2,1H3,(H,18,19)(H2,16,17,20). The van der Waals surface area contributed by atoms with Gasteiger partial charge in [-0.3, -0.25) is 0 Å². The van der Waals surface area contributed by atoms with Gasteiger partial charge in [-0.15, -0.1) is 0 Å². The number of carboxylic acids is 1. The molecule has 1 atom stereocenters. The molecule has 0 spiro atoms. The number of carbonyl (C=O) groups excluding carboxylic acids is 1. The van der Waals surface area contributed by atoms with Crippen LogP contribution < -0.4 is 10.6 Å². The van der Waals surface area contributed by atoms with Crippen LogP contribution in [0.2, 0.25) is 0 Å². The second-order valence-corrected chi connectivity index (χ2v) is 4.42. The lowest BCUT2D eigenvalue weighted by molar-refractivity contribution is 0.0690. The highest BCUT2D eigenvalue weighted by molar-refractivity contribution is 5.85. The minimum atomic E-state index is -1.08. The number of pyridine rings is 1. The molecule has 7 nitrogen and oxygen atoms in total. The molecule has 2 amide bonds. The Kier molecular flexibility index (Phi) is 4.55. The Morgan fingerprint density at radius 1 is 1.38 bits per heavy atom. The van der Waals surface area contributed by atoms with Crippen molar-refractivity contribution in [2.45, 2.75) is 19.5 Å². The Labute approximate surface area is 121 Å². The zero-order chi connectivity index (χ0) is 15.2. The molecule has 0 radical (unpaired) electrons. The number of hydrogen-bond acceptors (Lipinski definition) is 4. The molecule has 0 fully saturated rings. The molecule has 110 valence electrons. The Balaban J connectivity index is 1.82. The number of nitrogens with one attached hydrogen (secondary N) is 2. The van der Waals surface area contributed by atoms with Gasteiger partial charge in [0.1, 0.15) is 11.5 Å². The van der Waals surface area contributed by atoms with E-state index in [-0.39, 0.29) is 24.3 Å². The molecule has 2 aromatic heterocycles. The molecule has 0 aromatic carbocycles. The summed E-state index contributed by atoms with van der Waals surface area (Å²) >= 11 is 0. The first kappa shape index (κ1) is 14.6. The van der Waals surface area contributed by atoms with Gasteiger partial charge in [-0.25, -0.2) is 14.6 Å². The van der Waals surface area contributed by atoms with Gasteiger partial charge < -0.3 is 20.2 Å². The van der Waals surface area contributed by atoms with Crippen molar-refractivity contribution in [1.82, 2.24) is 15.6 Å². The predicted molar refractivity (Wildman–Crippen MR) is 73.7 cm³/mol. The van der Waals surface area contributed by atoms with Crippen LogP contribution in [0.5, 0.6) is 0 Å². The molecule has 0 aliphatic heterocycles. The van der Waals surface area contributed by atoms with Gasteiger partial charge in [-0.05, 0) is 30.7 Å². The number of rotatable bonds is 5. The average molecular weight is 289 g/mol. The average Bonchev–Trinajstić information content (AvgIpc) is 3.00. The van der Waals surface area contributed by atoms with Crippen molar-refractivity contribution in [1.29, 1.82) is 0 Å². The maximum atomic E-state index is 11.7. The number of furan rings is 1. The molecule has 0 bridgehead atoms. The van der Waals surface area contributed by atoms with Gasteiger partial charge >= 0.3 is 12.0 Å². The summed E-state index contributed by atoms with van der Waals surface area (Å²) in [5, 5.41) is 14.1. The number of hydrogen-bond donors (Lipinski definition) is 3. The second kappa shape index (κ2) is 6.56. The number of carboxylic acid groups (broad SMARTS) is 1. The van der Waals surface area contributed by atoms with Crippen LogP contribution in [0.15, 0.2) is 41.1 Å². The Morgan fingerprint density at radius 2 is 2.19 bits per heavy atom. The van der Waals surface area contributed by atoms with E-state index in [1.807, 2.05) is 6.92 Å². The van der Waals surface area contributed by atoms with E-state index in [1.165, 1.54) is 12.3 Å². The van der Waals surface area contributed by atoms with E-state index in [0.29, 0.717) is 11.3 Å². The lowest BCUT2D eigenvalue weighted by Crippen LogP contribution is -2.36. The fraction of sp³-hybridized carbons (Fsp3) is 0.214. The highest BCUT2D eigenvalue weighted by Gasteiger charge is 2.11. The molecular formula is C14H15N3O4. The smallest absolute Gasteiger partial charge is 0.354 e. The lowest BCUT2D eigenvalue weighted by Gasteiger charge is -2.12. The number of carbonyl (C=O) groups is 2. The number of amides is 2. The number of nitrogens with zero attached hydrogens (tertiary/aromatic N) is 1. The van der Waals surface area contributed by atoms with Crippen LogP contribution in [0.1, 0.15) is 34.8 Å². The first-order chi connectivity index (χ1) is 10.1. The minimum Gasteiger partial charge on any atom is -0.477 e. The van der Waals surface area contributed by atoms with E-state index in [2.05, 4.69) is 15.6 Å². The van der Waals surface area contributed by atoms with Crippen molar-refractivity contribution < 1.29 is 19.1 Å². The number of urea groups is 1. The molecule has 0 saturated carbocycles. The number of aromatic nitrogens is 1. The van der Waals surface area contributed by atoms with Crippen LogP contribution in [-0.2, 0) is 6.54 Å². The van der Waals surface area contributed by atoms with E-state index in [0.717, 1.165) is 0 Å². The van der Waals surface area contributed by atoms with Crippen LogP contribution >= 0.6 is 0 Å². The molecular weight excluding hydrogens is 274 g/mol. The molecule has 3 N–H and O–H groups in total. The predicted octanol–water partition coefficient (Wildman–Crippen LogP) is 1.93. The largest absolute Gasteiger partial charge is 0.477 e. The Hall–Kier alpha value is -2.83. The third-order valence-corrected chi connectivity index (χ3v) is 2.81. The maximum absolute atomic E-state index is 11.7. The number of aromatic carboxylic acids is 1. The van der Waals surface area contributed by atoms with Crippen molar-refractivity contribution in [3.63, 3.8) is 0 Å². The van der Waals surface area contributed by atoms with Gasteiger partial charge in [-0.2, -0.15) is 0 Å². The van der Waals surface area contributed by atoms with Gasteiger partial charge in [0.15, 0.2) is 0 Å². The molecule has 2 aromatic rings. The Bertz CT molecular complexity index is 608. The molecule has 1 unspecified atom stereocenters. The fourth-order valence-corrected chi connectivity index (χ4v) is 1.69. The summed E-state index contributed by atoms with van der Waals surface area (Å²) in [5.74, 6) is -0.419. The van der Waals surface area contributed by atoms with Crippen molar-refractivity contribution in [2.24, 2.45) is 0 Å². The molecule has 7 heteroatoms. The topological polar surface area (TPSA) is 104 Å². The SMILES string of the molecule is CC(NC(=O)NCc1ccc(C(=O)O)nc1)c1ccco1. The summed E-state index contributed by atoms with van der Waals surface area (Å²) in [5.41, 5.74) is 0.676. The summed E-state index contributed by atoms with van der Waals surface area (Å²) in [6.45, 7) is 2.06. The first-order valence-corrected chi connectivity index (χ1v) is 6.32. The van der Waals surface area contributed by atoms with E-state index >= 15 is 0 Å². The van der Waals surface area contributed by atoms with Crippen molar-refractivity contribution in [3.05, 3.63) is 53.7 Å². The van der Waals surface area contributed by atoms with E-state index in [4.69, 9.17) is 9.52 Å². The molecule has 0 aliphatic carbocycles. The Morgan fingerprint density at radius 3 is 2.76 bits per heavy atom.